The second kappa shape index (κ2) is 8.28. The molecule has 0 aliphatic rings. The number of carbonyl (C=O) groups excluding carboxylic acids is 1. The molecule has 0 saturated heterocycles. The van der Waals surface area contributed by atoms with E-state index < -0.39 is 13.7 Å². The van der Waals surface area contributed by atoms with Crippen LogP contribution in [0.15, 0.2) is 11.8 Å². The predicted molar refractivity (Wildman–Crippen MR) is 64.4 cm³/mol. The molecule has 0 heterocycles. The summed E-state index contributed by atoms with van der Waals surface area (Å²) in [7, 11) is -3.49. The predicted octanol–water partition coefficient (Wildman–Crippen LogP) is 2.22. The number of hydrogen-bond acceptors (Lipinski definition) is 5. The zero-order chi connectivity index (χ0) is 13.3. The highest BCUT2D eigenvalue weighted by molar-refractivity contribution is 7.51. The Bertz CT molecular complexity index is 306. The van der Waals surface area contributed by atoms with Crippen LogP contribution in [-0.4, -0.2) is 25.8 Å². The van der Waals surface area contributed by atoms with Crippen molar-refractivity contribution >= 4 is 13.7 Å². The van der Waals surface area contributed by atoms with Gasteiger partial charge in [-0.05, 0) is 27.7 Å². The summed E-state index contributed by atoms with van der Waals surface area (Å²) >= 11 is 0. The molecule has 0 radical (unpaired) electrons. The molecule has 0 aromatic carbocycles. The molecule has 0 rings (SSSR count). The molecule has 0 atom stereocenters. The molecule has 0 amide bonds. The molecular weight excluding hydrogens is 245 g/mol. The lowest BCUT2D eigenvalue weighted by molar-refractivity contribution is -0.138. The van der Waals surface area contributed by atoms with Crippen molar-refractivity contribution in [1.82, 2.24) is 5.09 Å². The third kappa shape index (κ3) is 5.86. The fourth-order valence-corrected chi connectivity index (χ4v) is 2.43. The van der Waals surface area contributed by atoms with Gasteiger partial charge in [0, 0.05) is 0 Å². The molecule has 100 valence electrons. The first-order valence-corrected chi connectivity index (χ1v) is 7.08. The molecule has 0 aliphatic carbocycles. The maximum atomic E-state index is 12.1. The van der Waals surface area contributed by atoms with Crippen LogP contribution >= 0.6 is 7.75 Å². The minimum absolute atomic E-state index is 0.0667. The molecule has 0 aliphatic heterocycles. The molecule has 0 unspecified atom stereocenters. The number of carbonyl (C=O) groups is 1. The minimum Gasteiger partial charge on any atom is -0.461 e. The molecule has 0 bridgehead atoms. The van der Waals surface area contributed by atoms with Crippen LogP contribution in [0.5, 0.6) is 0 Å². The number of nitrogens with one attached hydrogen (secondary N) is 1. The van der Waals surface area contributed by atoms with E-state index in [4.69, 9.17) is 13.8 Å². The highest BCUT2D eigenvalue weighted by Gasteiger charge is 2.27. The fraction of sp³-hybridized carbons (Fsp3) is 0.700. The van der Waals surface area contributed by atoms with Crippen LogP contribution in [0.2, 0.25) is 0 Å². The van der Waals surface area contributed by atoms with Gasteiger partial charge in [0.1, 0.15) is 5.70 Å². The van der Waals surface area contributed by atoms with E-state index in [0.717, 1.165) is 0 Å². The van der Waals surface area contributed by atoms with E-state index in [-0.39, 0.29) is 25.5 Å². The molecule has 0 fully saturated rings. The number of ether oxygens (including phenoxy) is 1. The Hall–Kier alpha value is -0.840. The molecule has 17 heavy (non-hydrogen) atoms. The van der Waals surface area contributed by atoms with Crippen LogP contribution in [0.1, 0.15) is 27.7 Å². The van der Waals surface area contributed by atoms with E-state index in [0.29, 0.717) is 0 Å². The minimum atomic E-state index is -3.49. The average molecular weight is 265 g/mol. The molecule has 0 aromatic heterocycles. The lowest BCUT2D eigenvalue weighted by Crippen LogP contribution is -2.22. The van der Waals surface area contributed by atoms with Gasteiger partial charge < -0.3 is 4.74 Å². The smallest absolute Gasteiger partial charge is 0.432 e. The maximum Gasteiger partial charge on any atom is 0.432 e. The molecular formula is C10H20NO5P. The Labute approximate surface area is 102 Å². The zero-order valence-electron chi connectivity index (χ0n) is 10.7. The summed E-state index contributed by atoms with van der Waals surface area (Å²) in [5, 5.41) is 2.46. The lowest BCUT2D eigenvalue weighted by atomic mass is 10.4. The average Bonchev–Trinajstić information content (AvgIpc) is 2.27. The van der Waals surface area contributed by atoms with Crippen LogP contribution in [0.3, 0.4) is 0 Å². The third-order valence-electron chi connectivity index (χ3n) is 1.64. The molecule has 0 aromatic rings. The zero-order valence-corrected chi connectivity index (χ0v) is 11.6. The summed E-state index contributed by atoms with van der Waals surface area (Å²) in [6, 6.07) is 0. The quantitative estimate of drug-likeness (QED) is 0.412. The van der Waals surface area contributed by atoms with Gasteiger partial charge in [-0.3, -0.25) is 14.1 Å². The molecule has 1 N–H and O–H groups in total. The Morgan fingerprint density at radius 3 is 2.06 bits per heavy atom. The van der Waals surface area contributed by atoms with Gasteiger partial charge in [-0.2, -0.15) is 0 Å². The topological polar surface area (TPSA) is 73.9 Å². The van der Waals surface area contributed by atoms with Gasteiger partial charge in [0.2, 0.25) is 0 Å². The number of esters is 1. The van der Waals surface area contributed by atoms with Gasteiger partial charge >= 0.3 is 13.7 Å². The standard InChI is InChI=1S/C10H20NO5P/c1-5-9(10(12)14-6-2)11-17(13,15-7-3)16-8-4/h5H,6-8H2,1-4H3,(H,11,13)/b9-5+. The van der Waals surface area contributed by atoms with Gasteiger partial charge in [0.05, 0.1) is 19.8 Å². The van der Waals surface area contributed by atoms with Gasteiger partial charge in [-0.15, -0.1) is 0 Å². The number of allylic oxidation sites excluding steroid dienone is 1. The van der Waals surface area contributed by atoms with Crippen LogP contribution in [-0.2, 0) is 23.1 Å². The van der Waals surface area contributed by atoms with Crippen molar-refractivity contribution in [1.29, 1.82) is 0 Å². The van der Waals surface area contributed by atoms with Crippen molar-refractivity contribution in [2.24, 2.45) is 0 Å². The second-order valence-electron chi connectivity index (χ2n) is 2.87. The van der Waals surface area contributed by atoms with Gasteiger partial charge in [0.25, 0.3) is 0 Å². The maximum absolute atomic E-state index is 12.1. The SMILES string of the molecule is C/C=C(/NP(=O)(OCC)OCC)C(=O)OCC. The first-order valence-electron chi connectivity index (χ1n) is 5.53. The van der Waals surface area contributed by atoms with E-state index in [1.807, 2.05) is 0 Å². The molecule has 6 nitrogen and oxygen atoms in total. The summed E-state index contributed by atoms with van der Waals surface area (Å²) in [4.78, 5) is 11.5. The fourth-order valence-electron chi connectivity index (χ4n) is 1.03. The van der Waals surface area contributed by atoms with E-state index in [1.54, 1.807) is 27.7 Å². The normalized spacial score (nSPS) is 12.4. The number of rotatable bonds is 8. The third-order valence-corrected chi connectivity index (χ3v) is 3.35. The summed E-state index contributed by atoms with van der Waals surface area (Å²) in [5.41, 5.74) is 0.0667. The lowest BCUT2D eigenvalue weighted by Gasteiger charge is -2.19. The van der Waals surface area contributed by atoms with E-state index >= 15 is 0 Å². The summed E-state index contributed by atoms with van der Waals surface area (Å²) in [6.45, 7) is 7.36. The molecule has 0 spiro atoms. The van der Waals surface area contributed by atoms with E-state index in [1.165, 1.54) is 6.08 Å². The van der Waals surface area contributed by atoms with Gasteiger partial charge in [0.15, 0.2) is 0 Å². The van der Waals surface area contributed by atoms with Crippen molar-refractivity contribution in [2.75, 3.05) is 19.8 Å². The van der Waals surface area contributed by atoms with E-state index in [9.17, 15) is 9.36 Å². The van der Waals surface area contributed by atoms with Gasteiger partial charge in [-0.1, -0.05) is 6.08 Å². The van der Waals surface area contributed by atoms with Crippen molar-refractivity contribution < 1.29 is 23.1 Å². The Kier molecular flexibility index (Phi) is 7.87. The van der Waals surface area contributed by atoms with Gasteiger partial charge in [-0.25, -0.2) is 9.36 Å². The van der Waals surface area contributed by atoms with Crippen molar-refractivity contribution in [3.63, 3.8) is 0 Å². The summed E-state index contributed by atoms with van der Waals surface area (Å²) in [6.07, 6.45) is 1.46. The highest BCUT2D eigenvalue weighted by Crippen LogP contribution is 2.44. The Morgan fingerprint density at radius 2 is 1.71 bits per heavy atom. The first-order chi connectivity index (χ1) is 8.02. The largest absolute Gasteiger partial charge is 0.461 e. The molecule has 0 saturated carbocycles. The summed E-state index contributed by atoms with van der Waals surface area (Å²) in [5.74, 6) is -0.588. The highest BCUT2D eigenvalue weighted by atomic mass is 31.2. The Morgan fingerprint density at radius 1 is 1.18 bits per heavy atom. The molecule has 7 heteroatoms. The van der Waals surface area contributed by atoms with Crippen molar-refractivity contribution in [3.8, 4) is 0 Å². The van der Waals surface area contributed by atoms with Crippen molar-refractivity contribution in [2.45, 2.75) is 27.7 Å². The Balaban J connectivity index is 4.72. The summed E-state index contributed by atoms with van der Waals surface area (Å²) < 4.78 is 26.9. The van der Waals surface area contributed by atoms with Crippen LogP contribution in [0, 0.1) is 0 Å². The van der Waals surface area contributed by atoms with Crippen LogP contribution in [0.4, 0.5) is 0 Å². The number of hydrogen-bond donors (Lipinski definition) is 1. The van der Waals surface area contributed by atoms with E-state index in [2.05, 4.69) is 5.09 Å². The monoisotopic (exact) mass is 265 g/mol. The van der Waals surface area contributed by atoms with Crippen LogP contribution in [0.25, 0.3) is 0 Å². The van der Waals surface area contributed by atoms with Crippen molar-refractivity contribution in [3.05, 3.63) is 11.8 Å². The second-order valence-corrected chi connectivity index (χ2v) is 4.60. The van der Waals surface area contributed by atoms with Crippen LogP contribution < -0.4 is 5.09 Å². The first kappa shape index (κ1) is 16.2.